The first-order valence-electron chi connectivity index (χ1n) is 5.84. The smallest absolute Gasteiger partial charge is 0.153 e. The molecule has 2 rings (SSSR count). The topological polar surface area (TPSA) is 35.5 Å². The molecular weight excluding hydrogens is 299 g/mol. The highest BCUT2D eigenvalue weighted by Crippen LogP contribution is 2.28. The molecule has 104 valence electrons. The summed E-state index contributed by atoms with van der Waals surface area (Å²) in [6, 6.07) is 10.2. The summed E-state index contributed by atoms with van der Waals surface area (Å²) >= 11 is 12.1. The van der Waals surface area contributed by atoms with Crippen molar-refractivity contribution >= 4 is 29.5 Å². The summed E-state index contributed by atoms with van der Waals surface area (Å²) in [5.41, 5.74) is 1.09. The minimum Gasteiger partial charge on any atom is -0.497 e. The average molecular weight is 311 g/mol. The molecule has 20 heavy (non-hydrogen) atoms. The first-order chi connectivity index (χ1) is 9.65. The highest BCUT2D eigenvalue weighted by Gasteiger charge is 2.09. The number of carbonyl (C=O) groups is 1. The molecule has 0 aliphatic carbocycles. The fourth-order valence-corrected chi connectivity index (χ4v) is 2.20. The van der Waals surface area contributed by atoms with Crippen LogP contribution in [0.1, 0.15) is 15.9 Å². The first-order valence-corrected chi connectivity index (χ1v) is 6.60. The molecule has 3 nitrogen and oxygen atoms in total. The second-order valence-corrected chi connectivity index (χ2v) is 4.82. The fourth-order valence-electron chi connectivity index (χ4n) is 1.70. The van der Waals surface area contributed by atoms with Gasteiger partial charge in [-0.3, -0.25) is 4.79 Å². The molecular formula is C15H12Cl2O3. The van der Waals surface area contributed by atoms with Crippen molar-refractivity contribution in [2.75, 3.05) is 7.11 Å². The van der Waals surface area contributed by atoms with E-state index in [-0.39, 0.29) is 6.61 Å². The zero-order valence-electron chi connectivity index (χ0n) is 10.7. The molecule has 0 amide bonds. The molecule has 0 aliphatic heterocycles. The Hall–Kier alpha value is -1.71. The van der Waals surface area contributed by atoms with Gasteiger partial charge in [0, 0.05) is 15.6 Å². The predicted octanol–water partition coefficient (Wildman–Crippen LogP) is 4.39. The number of methoxy groups -OCH3 is 1. The van der Waals surface area contributed by atoms with Gasteiger partial charge in [-0.15, -0.1) is 0 Å². The molecule has 0 saturated carbocycles. The van der Waals surface area contributed by atoms with Gasteiger partial charge < -0.3 is 9.47 Å². The Morgan fingerprint density at radius 1 is 1.15 bits per heavy atom. The van der Waals surface area contributed by atoms with E-state index >= 15 is 0 Å². The minimum atomic E-state index is 0.186. The maximum atomic E-state index is 11.1. The Morgan fingerprint density at radius 2 is 1.85 bits per heavy atom. The zero-order chi connectivity index (χ0) is 14.5. The van der Waals surface area contributed by atoms with Crippen LogP contribution in [0.15, 0.2) is 36.4 Å². The monoisotopic (exact) mass is 310 g/mol. The maximum Gasteiger partial charge on any atom is 0.153 e. The lowest BCUT2D eigenvalue weighted by atomic mass is 10.2. The normalized spacial score (nSPS) is 10.2. The largest absolute Gasteiger partial charge is 0.497 e. The van der Waals surface area contributed by atoms with Gasteiger partial charge in [-0.1, -0.05) is 29.3 Å². The van der Waals surface area contributed by atoms with Gasteiger partial charge in [-0.05, 0) is 30.3 Å². The van der Waals surface area contributed by atoms with Gasteiger partial charge in [0.05, 0.1) is 12.7 Å². The van der Waals surface area contributed by atoms with Crippen LogP contribution in [-0.4, -0.2) is 13.4 Å². The lowest BCUT2D eigenvalue weighted by Gasteiger charge is -2.11. The molecule has 5 heteroatoms. The van der Waals surface area contributed by atoms with Crippen molar-refractivity contribution < 1.29 is 14.3 Å². The van der Waals surface area contributed by atoms with Crippen molar-refractivity contribution in [2.45, 2.75) is 6.61 Å². The molecule has 0 spiro atoms. The van der Waals surface area contributed by atoms with Gasteiger partial charge in [0.1, 0.15) is 18.1 Å². The summed E-state index contributed by atoms with van der Waals surface area (Å²) in [4.78, 5) is 11.1. The number of hydrogen-bond acceptors (Lipinski definition) is 3. The van der Waals surface area contributed by atoms with Crippen LogP contribution in [0, 0.1) is 0 Å². The van der Waals surface area contributed by atoms with E-state index in [9.17, 15) is 4.79 Å². The van der Waals surface area contributed by atoms with E-state index in [4.69, 9.17) is 32.7 Å². The molecule has 0 unspecified atom stereocenters. The van der Waals surface area contributed by atoms with E-state index in [1.54, 1.807) is 36.4 Å². The van der Waals surface area contributed by atoms with E-state index in [0.29, 0.717) is 39.0 Å². The van der Waals surface area contributed by atoms with Crippen LogP contribution in [0.3, 0.4) is 0 Å². The average Bonchev–Trinajstić information content (AvgIpc) is 2.46. The van der Waals surface area contributed by atoms with Crippen molar-refractivity contribution in [2.24, 2.45) is 0 Å². The van der Waals surface area contributed by atoms with E-state index in [1.165, 1.54) is 7.11 Å². The van der Waals surface area contributed by atoms with Gasteiger partial charge in [0.15, 0.2) is 6.29 Å². The molecule has 0 aromatic heterocycles. The van der Waals surface area contributed by atoms with E-state index in [2.05, 4.69) is 0 Å². The van der Waals surface area contributed by atoms with E-state index in [1.807, 2.05) is 0 Å². The van der Waals surface area contributed by atoms with Crippen LogP contribution in [0.5, 0.6) is 11.5 Å². The highest BCUT2D eigenvalue weighted by molar-refractivity contribution is 6.35. The van der Waals surface area contributed by atoms with E-state index in [0.717, 1.165) is 0 Å². The number of aldehydes is 1. The molecule has 0 saturated heterocycles. The van der Waals surface area contributed by atoms with Crippen LogP contribution < -0.4 is 9.47 Å². The molecule has 0 bridgehead atoms. The Labute approximate surface area is 127 Å². The quantitative estimate of drug-likeness (QED) is 0.768. The van der Waals surface area contributed by atoms with Crippen molar-refractivity contribution in [1.29, 1.82) is 0 Å². The number of benzene rings is 2. The third-order valence-corrected chi connectivity index (χ3v) is 3.49. The number of carbonyl (C=O) groups excluding carboxylic acids is 1. The first kappa shape index (κ1) is 14.7. The maximum absolute atomic E-state index is 11.1. The van der Waals surface area contributed by atoms with Gasteiger partial charge >= 0.3 is 0 Å². The highest BCUT2D eigenvalue weighted by atomic mass is 35.5. The second-order valence-electron chi connectivity index (χ2n) is 4.01. The molecule has 0 atom stereocenters. The standard InChI is InChI=1S/C15H12Cl2O3/c1-19-11-5-6-15(10(7-11)8-18)20-9-12-13(16)3-2-4-14(12)17/h2-8H,9H2,1H3. The fraction of sp³-hybridized carbons (Fsp3) is 0.133. The lowest BCUT2D eigenvalue weighted by Crippen LogP contribution is -2.00. The summed E-state index contributed by atoms with van der Waals surface area (Å²) in [5.74, 6) is 1.05. The van der Waals surface area contributed by atoms with Crippen LogP contribution >= 0.6 is 23.2 Å². The minimum absolute atomic E-state index is 0.186. The van der Waals surface area contributed by atoms with Gasteiger partial charge in [0.25, 0.3) is 0 Å². The van der Waals surface area contributed by atoms with E-state index < -0.39 is 0 Å². The Morgan fingerprint density at radius 3 is 2.45 bits per heavy atom. The van der Waals surface area contributed by atoms with Crippen LogP contribution in [-0.2, 0) is 6.61 Å². The summed E-state index contributed by atoms with van der Waals surface area (Å²) < 4.78 is 10.7. The number of rotatable bonds is 5. The van der Waals surface area contributed by atoms with Crippen LogP contribution in [0.2, 0.25) is 10.0 Å². The van der Waals surface area contributed by atoms with Gasteiger partial charge in [-0.2, -0.15) is 0 Å². The SMILES string of the molecule is COc1ccc(OCc2c(Cl)cccc2Cl)c(C=O)c1. The zero-order valence-corrected chi connectivity index (χ0v) is 12.2. The molecule has 0 N–H and O–H groups in total. The molecule has 0 fully saturated rings. The lowest BCUT2D eigenvalue weighted by molar-refractivity contribution is 0.111. The van der Waals surface area contributed by atoms with Crippen LogP contribution in [0.25, 0.3) is 0 Å². The molecule has 0 radical (unpaired) electrons. The third kappa shape index (κ3) is 3.24. The number of ether oxygens (including phenoxy) is 2. The summed E-state index contributed by atoms with van der Waals surface area (Å²) in [6.07, 6.45) is 0.714. The van der Waals surface area contributed by atoms with Crippen LogP contribution in [0.4, 0.5) is 0 Å². The Balaban J connectivity index is 2.21. The third-order valence-electron chi connectivity index (χ3n) is 2.78. The van der Waals surface area contributed by atoms with Crippen molar-refractivity contribution in [1.82, 2.24) is 0 Å². The van der Waals surface area contributed by atoms with Gasteiger partial charge in [0.2, 0.25) is 0 Å². The molecule has 2 aromatic rings. The van der Waals surface area contributed by atoms with Crippen molar-refractivity contribution in [3.8, 4) is 11.5 Å². The summed E-state index contributed by atoms with van der Waals surface area (Å²) in [5, 5.41) is 1.05. The Kier molecular flexibility index (Phi) is 4.88. The second kappa shape index (κ2) is 6.64. The predicted molar refractivity (Wildman–Crippen MR) is 79.2 cm³/mol. The number of halogens is 2. The molecule has 2 aromatic carbocycles. The van der Waals surface area contributed by atoms with Crippen molar-refractivity contribution in [3.05, 3.63) is 57.6 Å². The van der Waals surface area contributed by atoms with Crippen molar-refractivity contribution in [3.63, 3.8) is 0 Å². The van der Waals surface area contributed by atoms with Gasteiger partial charge in [-0.25, -0.2) is 0 Å². The number of hydrogen-bond donors (Lipinski definition) is 0. The Bertz CT molecular complexity index is 606. The molecule has 0 aliphatic rings. The molecule has 0 heterocycles. The summed E-state index contributed by atoms with van der Waals surface area (Å²) in [7, 11) is 1.54. The summed E-state index contributed by atoms with van der Waals surface area (Å²) in [6.45, 7) is 0.186.